The van der Waals surface area contributed by atoms with E-state index in [0.29, 0.717) is 16.7 Å². The number of carbonyl (C=O) groups is 2. The van der Waals surface area contributed by atoms with Crippen molar-refractivity contribution < 1.29 is 19.8 Å². The minimum Gasteiger partial charge on any atom is -0.478 e. The molecule has 0 heterocycles. The summed E-state index contributed by atoms with van der Waals surface area (Å²) in [4.78, 5) is 22.5. The van der Waals surface area contributed by atoms with Gasteiger partial charge < -0.3 is 10.2 Å². The molecule has 2 aromatic carbocycles. The number of aromatic carboxylic acids is 2. The number of rotatable bonds is 2. The van der Waals surface area contributed by atoms with Gasteiger partial charge in [0, 0.05) is 5.56 Å². The van der Waals surface area contributed by atoms with Gasteiger partial charge in [0.1, 0.15) is 0 Å². The van der Waals surface area contributed by atoms with Crippen LogP contribution in [-0.4, -0.2) is 22.2 Å². The van der Waals surface area contributed by atoms with E-state index in [-0.39, 0.29) is 11.1 Å². The van der Waals surface area contributed by atoms with Crippen molar-refractivity contribution >= 4 is 11.9 Å². The fourth-order valence-corrected chi connectivity index (χ4v) is 2.44. The molecule has 3 rings (SSSR count). The predicted molar refractivity (Wildman–Crippen MR) is 64.8 cm³/mol. The molecule has 0 radical (unpaired) electrons. The van der Waals surface area contributed by atoms with Gasteiger partial charge in [-0.3, -0.25) is 0 Å². The fourth-order valence-electron chi connectivity index (χ4n) is 2.44. The maximum absolute atomic E-state index is 11.3. The molecule has 2 bridgehead atoms. The summed E-state index contributed by atoms with van der Waals surface area (Å²) in [6, 6.07) is 10.1. The van der Waals surface area contributed by atoms with Crippen molar-refractivity contribution in [3.63, 3.8) is 0 Å². The Hall–Kier alpha value is -2.62. The zero-order valence-corrected chi connectivity index (χ0v) is 9.18. The highest BCUT2D eigenvalue weighted by molar-refractivity contribution is 6.15. The van der Waals surface area contributed by atoms with Crippen LogP contribution >= 0.6 is 0 Å². The monoisotopic (exact) mass is 240 g/mol. The summed E-state index contributed by atoms with van der Waals surface area (Å²) in [6.45, 7) is 0. The predicted octanol–water partition coefficient (Wildman–Crippen LogP) is 2.73. The summed E-state index contributed by atoms with van der Waals surface area (Å²) in [5.74, 6) is -2.21. The third kappa shape index (κ3) is 1.20. The number of hydrogen-bond acceptors (Lipinski definition) is 2. The van der Waals surface area contributed by atoms with Gasteiger partial charge in [-0.1, -0.05) is 30.3 Å². The van der Waals surface area contributed by atoms with E-state index in [0.717, 1.165) is 5.56 Å². The number of fused-ring (bicyclic) bond motifs is 5. The van der Waals surface area contributed by atoms with Crippen LogP contribution in [0.25, 0.3) is 22.3 Å². The lowest BCUT2D eigenvalue weighted by Crippen LogP contribution is -2.04. The Morgan fingerprint density at radius 3 is 2.06 bits per heavy atom. The average Bonchev–Trinajstić information content (AvgIpc) is 2.58. The number of carboxylic acids is 2. The zero-order chi connectivity index (χ0) is 12.9. The lowest BCUT2D eigenvalue weighted by molar-refractivity contribution is 0.0696. The van der Waals surface area contributed by atoms with E-state index in [1.807, 2.05) is 0 Å². The van der Waals surface area contributed by atoms with E-state index in [2.05, 4.69) is 0 Å². The fraction of sp³-hybridized carbons (Fsp3) is 0. The molecule has 0 aromatic heterocycles. The lowest BCUT2D eigenvalue weighted by atomic mass is 10.00. The van der Waals surface area contributed by atoms with Gasteiger partial charge in [0.25, 0.3) is 0 Å². The molecular weight excluding hydrogens is 232 g/mol. The van der Waals surface area contributed by atoms with Gasteiger partial charge in [-0.2, -0.15) is 0 Å². The third-order valence-corrected chi connectivity index (χ3v) is 3.14. The van der Waals surface area contributed by atoms with Gasteiger partial charge in [-0.25, -0.2) is 9.59 Å². The summed E-state index contributed by atoms with van der Waals surface area (Å²) in [5, 5.41) is 18.4. The third-order valence-electron chi connectivity index (χ3n) is 3.14. The summed E-state index contributed by atoms with van der Waals surface area (Å²) in [7, 11) is 0. The minimum absolute atomic E-state index is 0.0288. The molecule has 18 heavy (non-hydrogen) atoms. The minimum atomic E-state index is -1.12. The molecule has 2 N–H and O–H groups in total. The first-order valence-corrected chi connectivity index (χ1v) is 5.34. The molecule has 1 aliphatic rings. The number of benzene rings is 2. The van der Waals surface area contributed by atoms with Crippen molar-refractivity contribution in [1.82, 2.24) is 0 Å². The van der Waals surface area contributed by atoms with Gasteiger partial charge in [0.2, 0.25) is 0 Å². The Kier molecular flexibility index (Phi) is 2.01. The van der Waals surface area contributed by atoms with Crippen LogP contribution in [0.2, 0.25) is 0 Å². The van der Waals surface area contributed by atoms with E-state index < -0.39 is 11.9 Å². The first-order valence-electron chi connectivity index (χ1n) is 5.34. The van der Waals surface area contributed by atoms with Crippen molar-refractivity contribution in [2.45, 2.75) is 0 Å². The van der Waals surface area contributed by atoms with Crippen molar-refractivity contribution in [2.24, 2.45) is 0 Å². The van der Waals surface area contributed by atoms with Gasteiger partial charge in [0.05, 0.1) is 11.1 Å². The van der Waals surface area contributed by atoms with E-state index in [1.165, 1.54) is 6.07 Å². The first-order chi connectivity index (χ1) is 8.61. The van der Waals surface area contributed by atoms with E-state index in [9.17, 15) is 14.7 Å². The second kappa shape index (κ2) is 3.43. The molecule has 2 aromatic rings. The van der Waals surface area contributed by atoms with E-state index >= 15 is 0 Å². The number of hydrogen-bond donors (Lipinski definition) is 2. The van der Waals surface area contributed by atoms with Crippen LogP contribution in [0.3, 0.4) is 0 Å². The van der Waals surface area contributed by atoms with Crippen molar-refractivity contribution in [2.75, 3.05) is 0 Å². The molecule has 1 aliphatic carbocycles. The highest BCUT2D eigenvalue weighted by atomic mass is 16.4. The lowest BCUT2D eigenvalue weighted by Gasteiger charge is -2.04. The Bertz CT molecular complexity index is 701. The molecule has 0 aliphatic heterocycles. The summed E-state index contributed by atoms with van der Waals surface area (Å²) in [5.41, 5.74) is 2.45. The maximum atomic E-state index is 11.3. The Labute approximate surface area is 102 Å². The molecule has 4 heteroatoms. The molecule has 4 nitrogen and oxygen atoms in total. The Morgan fingerprint density at radius 2 is 1.44 bits per heavy atom. The highest BCUT2D eigenvalue weighted by Crippen LogP contribution is 2.46. The normalized spacial score (nSPS) is 11.1. The van der Waals surface area contributed by atoms with Crippen LogP contribution in [0.4, 0.5) is 0 Å². The second-order valence-electron chi connectivity index (χ2n) is 4.07. The summed E-state index contributed by atoms with van der Waals surface area (Å²) in [6.07, 6.45) is 0. The van der Waals surface area contributed by atoms with Gasteiger partial charge >= 0.3 is 11.9 Å². The Balaban J connectivity index is 2.46. The smallest absolute Gasteiger partial charge is 0.336 e. The highest BCUT2D eigenvalue weighted by Gasteiger charge is 2.31. The molecule has 88 valence electrons. The van der Waals surface area contributed by atoms with Crippen molar-refractivity contribution in [3.05, 3.63) is 47.5 Å². The molecule has 0 amide bonds. The largest absolute Gasteiger partial charge is 0.478 e. The van der Waals surface area contributed by atoms with Crippen LogP contribution < -0.4 is 0 Å². The van der Waals surface area contributed by atoms with E-state index in [4.69, 9.17) is 5.11 Å². The molecule has 0 spiro atoms. The van der Waals surface area contributed by atoms with Crippen molar-refractivity contribution in [3.8, 4) is 22.3 Å². The molecule has 0 saturated heterocycles. The topological polar surface area (TPSA) is 74.6 Å². The van der Waals surface area contributed by atoms with Crippen LogP contribution in [0, 0.1) is 0 Å². The summed E-state index contributed by atoms with van der Waals surface area (Å²) >= 11 is 0. The number of carboxylic acid groups (broad SMARTS) is 2. The average molecular weight is 240 g/mol. The molecular formula is C14H8O4. The van der Waals surface area contributed by atoms with Crippen LogP contribution in [0.1, 0.15) is 20.7 Å². The van der Waals surface area contributed by atoms with Crippen molar-refractivity contribution in [1.29, 1.82) is 0 Å². The maximum Gasteiger partial charge on any atom is 0.336 e. The Morgan fingerprint density at radius 1 is 0.778 bits per heavy atom. The van der Waals surface area contributed by atoms with Crippen LogP contribution in [0.15, 0.2) is 36.4 Å². The summed E-state index contributed by atoms with van der Waals surface area (Å²) < 4.78 is 0. The van der Waals surface area contributed by atoms with Gasteiger partial charge in [-0.15, -0.1) is 0 Å². The van der Waals surface area contributed by atoms with Gasteiger partial charge in [0.15, 0.2) is 0 Å². The standard InChI is InChI=1S/C14H8O4/c15-13(16)10-6-5-9-7-3-1-2-4-8(7)11(10)12(9)14(17)18/h1-6H,(H,15,16)(H,17,18). The molecule has 0 fully saturated rings. The van der Waals surface area contributed by atoms with E-state index in [1.54, 1.807) is 30.3 Å². The quantitative estimate of drug-likeness (QED) is 0.722. The molecule has 0 unspecified atom stereocenters. The molecule has 0 atom stereocenters. The first kappa shape index (κ1) is 10.5. The molecule has 0 saturated carbocycles. The van der Waals surface area contributed by atoms with Gasteiger partial charge in [-0.05, 0) is 22.8 Å². The van der Waals surface area contributed by atoms with Crippen LogP contribution in [-0.2, 0) is 0 Å². The van der Waals surface area contributed by atoms with Crippen LogP contribution in [0.5, 0.6) is 0 Å². The zero-order valence-electron chi connectivity index (χ0n) is 9.18. The SMILES string of the molecule is O=C(O)c1ccc2c(C(=O)O)c1-c1ccccc1-2. The second-order valence-corrected chi connectivity index (χ2v) is 4.07.